The lowest BCUT2D eigenvalue weighted by molar-refractivity contribution is -0.359. The van der Waals surface area contributed by atoms with Gasteiger partial charge in [0, 0.05) is 0 Å². The number of ether oxygens (including phenoxy) is 4. The molecule has 7 N–H and O–H groups in total. The van der Waals surface area contributed by atoms with E-state index in [4.69, 9.17) is 18.9 Å². The third-order valence-electron chi connectivity index (χ3n) is 4.92. The summed E-state index contributed by atoms with van der Waals surface area (Å²) in [5.41, 5.74) is 0. The van der Waals surface area contributed by atoms with Gasteiger partial charge in [-0.3, -0.25) is 0 Å². The molecule has 11 unspecified atom stereocenters. The van der Waals surface area contributed by atoms with E-state index < -0.39 is 74.6 Å². The summed E-state index contributed by atoms with van der Waals surface area (Å²) >= 11 is 0. The predicted molar refractivity (Wildman–Crippen MR) is 87.2 cm³/mol. The molecule has 27 heavy (non-hydrogen) atoms. The molecule has 2 saturated heterocycles. The van der Waals surface area contributed by atoms with Gasteiger partial charge >= 0.3 is 0 Å². The van der Waals surface area contributed by atoms with Crippen LogP contribution in [0.4, 0.5) is 0 Å². The van der Waals surface area contributed by atoms with Crippen LogP contribution in [-0.4, -0.2) is 116 Å². The zero-order valence-corrected chi connectivity index (χ0v) is 15.2. The van der Waals surface area contributed by atoms with Gasteiger partial charge in [0.05, 0.1) is 19.3 Å². The SMILES string of the molecule is CCC(C)OC1C(CO)OC(OC2C(CO)OC(O)C(O)C2O)C(O)C1O. The second-order valence-corrected chi connectivity index (χ2v) is 6.86. The molecule has 0 saturated carbocycles. The van der Waals surface area contributed by atoms with Crippen molar-refractivity contribution in [2.75, 3.05) is 13.2 Å². The van der Waals surface area contributed by atoms with Crippen LogP contribution in [0.1, 0.15) is 20.3 Å². The molecular formula is C16H30O11. The summed E-state index contributed by atoms with van der Waals surface area (Å²) in [4.78, 5) is 0. The molecule has 0 bridgehead atoms. The van der Waals surface area contributed by atoms with Crippen LogP contribution in [0.3, 0.4) is 0 Å². The van der Waals surface area contributed by atoms with Crippen molar-refractivity contribution in [1.29, 1.82) is 0 Å². The van der Waals surface area contributed by atoms with E-state index >= 15 is 0 Å². The summed E-state index contributed by atoms with van der Waals surface area (Å²) < 4.78 is 21.5. The predicted octanol–water partition coefficient (Wildman–Crippen LogP) is -3.57. The fraction of sp³-hybridized carbons (Fsp3) is 1.00. The smallest absolute Gasteiger partial charge is 0.187 e. The van der Waals surface area contributed by atoms with E-state index in [0.717, 1.165) is 0 Å². The van der Waals surface area contributed by atoms with E-state index in [1.807, 2.05) is 6.92 Å². The van der Waals surface area contributed by atoms with Crippen molar-refractivity contribution >= 4 is 0 Å². The van der Waals surface area contributed by atoms with Crippen molar-refractivity contribution < 1.29 is 54.7 Å². The molecule has 2 aliphatic heterocycles. The Morgan fingerprint density at radius 1 is 0.815 bits per heavy atom. The zero-order chi connectivity index (χ0) is 20.3. The van der Waals surface area contributed by atoms with Gasteiger partial charge in [-0.2, -0.15) is 0 Å². The Bertz CT molecular complexity index is 448. The van der Waals surface area contributed by atoms with Crippen LogP contribution in [-0.2, 0) is 18.9 Å². The second-order valence-electron chi connectivity index (χ2n) is 6.86. The van der Waals surface area contributed by atoms with Gasteiger partial charge in [0.15, 0.2) is 12.6 Å². The van der Waals surface area contributed by atoms with Crippen molar-refractivity contribution in [3.8, 4) is 0 Å². The van der Waals surface area contributed by atoms with E-state index in [9.17, 15) is 35.7 Å². The quantitative estimate of drug-likeness (QED) is 0.225. The van der Waals surface area contributed by atoms with Gasteiger partial charge in [-0.05, 0) is 13.3 Å². The first kappa shape index (κ1) is 22.8. The molecule has 2 heterocycles. The minimum absolute atomic E-state index is 0.254. The molecule has 0 aliphatic carbocycles. The average molecular weight is 398 g/mol. The van der Waals surface area contributed by atoms with E-state index in [1.54, 1.807) is 6.92 Å². The fourth-order valence-electron chi connectivity index (χ4n) is 3.09. The minimum Gasteiger partial charge on any atom is -0.394 e. The maximum absolute atomic E-state index is 10.4. The Kier molecular flexibility index (Phi) is 8.34. The maximum atomic E-state index is 10.4. The zero-order valence-electron chi connectivity index (χ0n) is 15.2. The van der Waals surface area contributed by atoms with Gasteiger partial charge in [0.25, 0.3) is 0 Å². The Labute approximate surface area is 156 Å². The lowest BCUT2D eigenvalue weighted by atomic mass is 9.96. The fourth-order valence-corrected chi connectivity index (χ4v) is 3.09. The Morgan fingerprint density at radius 2 is 1.37 bits per heavy atom. The molecule has 11 nitrogen and oxygen atoms in total. The largest absolute Gasteiger partial charge is 0.394 e. The lowest BCUT2D eigenvalue weighted by Gasteiger charge is -2.46. The van der Waals surface area contributed by atoms with E-state index in [2.05, 4.69) is 0 Å². The van der Waals surface area contributed by atoms with E-state index in [1.165, 1.54) is 0 Å². The molecule has 0 radical (unpaired) electrons. The van der Waals surface area contributed by atoms with Crippen molar-refractivity contribution in [2.45, 2.75) is 87.8 Å². The van der Waals surface area contributed by atoms with Crippen LogP contribution in [0.15, 0.2) is 0 Å². The Hall–Kier alpha value is -0.440. The van der Waals surface area contributed by atoms with Crippen molar-refractivity contribution in [1.82, 2.24) is 0 Å². The van der Waals surface area contributed by atoms with Crippen molar-refractivity contribution in [3.63, 3.8) is 0 Å². The highest BCUT2D eigenvalue weighted by Crippen LogP contribution is 2.30. The molecule has 0 aromatic carbocycles. The summed E-state index contributed by atoms with van der Waals surface area (Å²) in [6.07, 6.45) is -13.9. The summed E-state index contributed by atoms with van der Waals surface area (Å²) in [5, 5.41) is 69.0. The molecule has 160 valence electrons. The first-order valence-corrected chi connectivity index (χ1v) is 8.98. The van der Waals surface area contributed by atoms with Gasteiger partial charge < -0.3 is 54.7 Å². The highest BCUT2D eigenvalue weighted by molar-refractivity contribution is 4.94. The minimum atomic E-state index is -1.72. The van der Waals surface area contributed by atoms with Crippen LogP contribution in [0.2, 0.25) is 0 Å². The first-order chi connectivity index (χ1) is 12.7. The Morgan fingerprint density at radius 3 is 1.93 bits per heavy atom. The van der Waals surface area contributed by atoms with Gasteiger partial charge in [0.1, 0.15) is 48.8 Å². The molecule has 0 aromatic heterocycles. The first-order valence-electron chi connectivity index (χ1n) is 8.98. The lowest BCUT2D eigenvalue weighted by Crippen LogP contribution is -2.65. The molecule has 11 heteroatoms. The third kappa shape index (κ3) is 4.95. The summed E-state index contributed by atoms with van der Waals surface area (Å²) in [7, 11) is 0. The average Bonchev–Trinajstić information content (AvgIpc) is 2.66. The number of aliphatic hydroxyl groups excluding tert-OH is 7. The molecular weight excluding hydrogens is 368 g/mol. The second kappa shape index (κ2) is 9.85. The van der Waals surface area contributed by atoms with Crippen molar-refractivity contribution in [2.24, 2.45) is 0 Å². The van der Waals surface area contributed by atoms with E-state index in [0.29, 0.717) is 6.42 Å². The molecule has 2 rings (SSSR count). The van der Waals surface area contributed by atoms with Crippen LogP contribution < -0.4 is 0 Å². The van der Waals surface area contributed by atoms with Crippen LogP contribution >= 0.6 is 0 Å². The molecule has 0 aromatic rings. The van der Waals surface area contributed by atoms with E-state index in [-0.39, 0.29) is 6.10 Å². The summed E-state index contributed by atoms with van der Waals surface area (Å²) in [6, 6.07) is 0. The summed E-state index contributed by atoms with van der Waals surface area (Å²) in [5.74, 6) is 0. The maximum Gasteiger partial charge on any atom is 0.187 e. The van der Waals surface area contributed by atoms with Gasteiger partial charge in [0.2, 0.25) is 0 Å². The molecule has 0 spiro atoms. The molecule has 0 amide bonds. The number of rotatable bonds is 7. The van der Waals surface area contributed by atoms with Gasteiger partial charge in [-0.25, -0.2) is 0 Å². The Balaban J connectivity index is 2.12. The van der Waals surface area contributed by atoms with Gasteiger partial charge in [-0.15, -0.1) is 0 Å². The highest BCUT2D eigenvalue weighted by atomic mass is 16.7. The molecule has 2 fully saturated rings. The standard InChI is InChI=1S/C16H30O11/c1-3-6(2)24-13-8(5-18)26-16(12(22)10(13)20)27-14-7(4-17)25-15(23)11(21)9(14)19/h6-23H,3-5H2,1-2H3. The molecule has 2 aliphatic rings. The van der Waals surface area contributed by atoms with Crippen molar-refractivity contribution in [3.05, 3.63) is 0 Å². The third-order valence-corrected chi connectivity index (χ3v) is 4.92. The monoisotopic (exact) mass is 398 g/mol. The van der Waals surface area contributed by atoms with Crippen LogP contribution in [0.25, 0.3) is 0 Å². The highest BCUT2D eigenvalue weighted by Gasteiger charge is 2.50. The van der Waals surface area contributed by atoms with Gasteiger partial charge in [-0.1, -0.05) is 6.92 Å². The van der Waals surface area contributed by atoms with Crippen LogP contribution in [0, 0.1) is 0 Å². The number of aliphatic hydroxyl groups is 7. The topological polar surface area (TPSA) is 179 Å². The number of hydrogen-bond donors (Lipinski definition) is 7. The summed E-state index contributed by atoms with van der Waals surface area (Å²) in [6.45, 7) is 2.46. The van der Waals surface area contributed by atoms with Crippen LogP contribution in [0.5, 0.6) is 0 Å². The molecule has 11 atom stereocenters. The number of hydrogen-bond acceptors (Lipinski definition) is 11. The normalized spacial score (nSPS) is 47.0.